The van der Waals surface area contributed by atoms with Gasteiger partial charge in [-0.15, -0.1) is 0 Å². The summed E-state index contributed by atoms with van der Waals surface area (Å²) in [5.74, 6) is 0.993. The number of amides is 1. The first-order valence-corrected chi connectivity index (χ1v) is 10.4. The first kappa shape index (κ1) is 18.5. The van der Waals surface area contributed by atoms with Gasteiger partial charge in [0.05, 0.1) is 12.0 Å². The maximum absolute atomic E-state index is 13.0. The van der Waals surface area contributed by atoms with Crippen LogP contribution in [0.5, 0.6) is 0 Å². The number of fused-ring (bicyclic) bond motifs is 2. The number of hydrogen-bond donors (Lipinski definition) is 2. The summed E-state index contributed by atoms with van der Waals surface area (Å²) < 4.78 is 0. The van der Waals surface area contributed by atoms with E-state index in [2.05, 4.69) is 56.6 Å². The van der Waals surface area contributed by atoms with Crippen LogP contribution in [0.25, 0.3) is 0 Å². The predicted molar refractivity (Wildman–Crippen MR) is 117 cm³/mol. The van der Waals surface area contributed by atoms with Crippen molar-refractivity contribution in [1.29, 1.82) is 0 Å². The topological polar surface area (TPSA) is 85.7 Å². The Labute approximate surface area is 175 Å². The van der Waals surface area contributed by atoms with E-state index in [0.29, 0.717) is 12.3 Å². The molecule has 2 aromatic heterocycles. The van der Waals surface area contributed by atoms with Gasteiger partial charge in [0.1, 0.15) is 11.5 Å². The normalized spacial score (nSPS) is 24.2. The van der Waals surface area contributed by atoms with Crippen molar-refractivity contribution in [3.05, 3.63) is 71.7 Å². The van der Waals surface area contributed by atoms with Gasteiger partial charge in [0.25, 0.3) is 5.91 Å². The van der Waals surface area contributed by atoms with E-state index in [0.717, 1.165) is 24.3 Å². The largest absolute Gasteiger partial charge is 0.347 e. The molecule has 0 aromatic carbocycles. The summed E-state index contributed by atoms with van der Waals surface area (Å²) in [6.45, 7) is 3.26. The van der Waals surface area contributed by atoms with Crippen molar-refractivity contribution in [2.24, 2.45) is 16.0 Å². The molecule has 4 heterocycles. The first-order valence-electron chi connectivity index (χ1n) is 10.4. The van der Waals surface area contributed by atoms with Gasteiger partial charge in [0.15, 0.2) is 0 Å². The van der Waals surface area contributed by atoms with E-state index in [9.17, 15) is 4.79 Å². The van der Waals surface area contributed by atoms with Gasteiger partial charge in [-0.05, 0) is 36.6 Å². The minimum absolute atomic E-state index is 0.0555. The molecule has 3 unspecified atom stereocenters. The molecular weight excluding hydrogens is 376 g/mol. The minimum atomic E-state index is -0.122. The van der Waals surface area contributed by atoms with Crippen LogP contribution in [0.2, 0.25) is 0 Å². The molecule has 3 atom stereocenters. The zero-order chi connectivity index (χ0) is 20.5. The molecule has 5 rings (SSSR count). The van der Waals surface area contributed by atoms with Gasteiger partial charge in [-0.2, -0.15) is 5.10 Å². The summed E-state index contributed by atoms with van der Waals surface area (Å²) >= 11 is 0. The third-order valence-electron chi connectivity index (χ3n) is 5.95. The van der Waals surface area contributed by atoms with Crippen LogP contribution in [0.4, 0.5) is 5.82 Å². The molecule has 2 aliphatic heterocycles. The minimum Gasteiger partial charge on any atom is -0.347 e. The second kappa shape index (κ2) is 7.74. The second-order valence-corrected chi connectivity index (χ2v) is 7.71. The van der Waals surface area contributed by atoms with Crippen LogP contribution in [0.3, 0.4) is 0 Å². The van der Waals surface area contributed by atoms with Crippen molar-refractivity contribution < 1.29 is 4.79 Å². The Hall–Kier alpha value is -3.48. The zero-order valence-electron chi connectivity index (χ0n) is 16.8. The maximum atomic E-state index is 13.0. The fourth-order valence-corrected chi connectivity index (χ4v) is 4.43. The number of nitrogens with one attached hydrogen (secondary N) is 2. The molecule has 7 heteroatoms. The lowest BCUT2D eigenvalue weighted by Gasteiger charge is -2.29. The van der Waals surface area contributed by atoms with Gasteiger partial charge in [-0.25, -0.2) is 4.99 Å². The van der Waals surface area contributed by atoms with Gasteiger partial charge < -0.3 is 10.3 Å². The number of nitrogens with zero attached hydrogens (tertiary/aromatic N) is 4. The number of hydrogen-bond acceptors (Lipinski definition) is 5. The Morgan fingerprint density at radius 2 is 2.30 bits per heavy atom. The fourth-order valence-electron chi connectivity index (χ4n) is 4.43. The molecular formula is C23H24N6O. The van der Waals surface area contributed by atoms with Crippen LogP contribution in [0.1, 0.15) is 30.4 Å². The summed E-state index contributed by atoms with van der Waals surface area (Å²) in [7, 11) is 0. The molecule has 1 amide bonds. The number of rotatable bonds is 5. The maximum Gasteiger partial charge on any atom is 0.268 e. The lowest BCUT2D eigenvalue weighted by Crippen LogP contribution is -2.38. The highest BCUT2D eigenvalue weighted by Crippen LogP contribution is 2.40. The highest BCUT2D eigenvalue weighted by molar-refractivity contribution is 6.40. The second-order valence-electron chi connectivity index (χ2n) is 7.71. The summed E-state index contributed by atoms with van der Waals surface area (Å²) in [4.78, 5) is 24.8. The number of aromatic nitrogens is 2. The van der Waals surface area contributed by atoms with Gasteiger partial charge >= 0.3 is 0 Å². The van der Waals surface area contributed by atoms with E-state index in [1.54, 1.807) is 12.4 Å². The Bertz CT molecular complexity index is 1060. The monoisotopic (exact) mass is 400 g/mol. The molecule has 0 spiro atoms. The van der Waals surface area contributed by atoms with E-state index in [-0.39, 0.29) is 23.8 Å². The van der Waals surface area contributed by atoms with E-state index in [1.165, 1.54) is 11.1 Å². The Kier molecular flexibility index (Phi) is 4.78. The summed E-state index contributed by atoms with van der Waals surface area (Å²) in [5, 5.41) is 9.68. The lowest BCUT2D eigenvalue weighted by molar-refractivity contribution is -0.115. The molecule has 152 valence electrons. The van der Waals surface area contributed by atoms with Crippen molar-refractivity contribution in [2.75, 3.05) is 6.54 Å². The van der Waals surface area contributed by atoms with Crippen LogP contribution in [-0.2, 0) is 11.3 Å². The molecule has 0 fully saturated rings. The molecule has 0 radical (unpaired) electrons. The van der Waals surface area contributed by atoms with Crippen molar-refractivity contribution in [1.82, 2.24) is 20.3 Å². The van der Waals surface area contributed by atoms with Crippen molar-refractivity contribution in [2.45, 2.75) is 31.8 Å². The number of pyridine rings is 1. The van der Waals surface area contributed by atoms with Gasteiger partial charge in [0, 0.05) is 49.4 Å². The van der Waals surface area contributed by atoms with Gasteiger partial charge in [0.2, 0.25) is 0 Å². The number of aromatic amines is 1. The molecule has 2 aromatic rings. The number of carbonyl (C=O) groups is 1. The Morgan fingerprint density at radius 3 is 3.13 bits per heavy atom. The van der Waals surface area contributed by atoms with Crippen LogP contribution >= 0.6 is 0 Å². The quantitative estimate of drug-likeness (QED) is 0.809. The van der Waals surface area contributed by atoms with Gasteiger partial charge in [-0.1, -0.05) is 24.3 Å². The van der Waals surface area contributed by atoms with Gasteiger partial charge in [-0.3, -0.25) is 14.8 Å². The van der Waals surface area contributed by atoms with Crippen molar-refractivity contribution in [3.63, 3.8) is 0 Å². The highest BCUT2D eigenvalue weighted by Gasteiger charge is 2.39. The lowest BCUT2D eigenvalue weighted by atomic mass is 9.80. The predicted octanol–water partition coefficient (Wildman–Crippen LogP) is 3.09. The van der Waals surface area contributed by atoms with Crippen LogP contribution < -0.4 is 5.32 Å². The van der Waals surface area contributed by atoms with Crippen LogP contribution in [0, 0.1) is 5.92 Å². The number of H-pyrrole nitrogens is 1. The Morgan fingerprint density at radius 1 is 1.37 bits per heavy atom. The number of aliphatic imine (C=N–C) groups is 1. The average Bonchev–Trinajstić information content (AvgIpc) is 3.42. The smallest absolute Gasteiger partial charge is 0.268 e. The molecule has 7 nitrogen and oxygen atoms in total. The summed E-state index contributed by atoms with van der Waals surface area (Å²) in [6.07, 6.45) is 14.8. The molecule has 0 saturated carbocycles. The third-order valence-corrected chi connectivity index (χ3v) is 5.95. The molecule has 1 aliphatic carbocycles. The summed E-state index contributed by atoms with van der Waals surface area (Å²) in [6, 6.07) is 6.00. The SMILES string of the molecule is CCN1N=C(C(=O)NCc2cccnc2)C2C=C(C3CC=Nc4[nH]ccc43)C=CC21. The molecule has 0 saturated heterocycles. The number of likely N-dealkylation sites (N-methyl/N-ethyl adjacent to an activating group) is 1. The third kappa shape index (κ3) is 3.26. The number of hydrazone groups is 1. The first-order chi connectivity index (χ1) is 14.7. The number of allylic oxidation sites excluding steroid dienone is 2. The molecule has 30 heavy (non-hydrogen) atoms. The average molecular weight is 400 g/mol. The van der Waals surface area contributed by atoms with Crippen LogP contribution in [0.15, 0.2) is 70.7 Å². The van der Waals surface area contributed by atoms with E-state index in [4.69, 9.17) is 0 Å². The molecule has 3 aliphatic rings. The van der Waals surface area contributed by atoms with E-state index >= 15 is 0 Å². The summed E-state index contributed by atoms with van der Waals surface area (Å²) in [5.41, 5.74) is 3.96. The van der Waals surface area contributed by atoms with Crippen molar-refractivity contribution in [3.8, 4) is 0 Å². The van der Waals surface area contributed by atoms with Crippen LogP contribution in [-0.4, -0.2) is 45.4 Å². The fraction of sp³-hybridized carbons (Fsp3) is 0.304. The van der Waals surface area contributed by atoms with E-state index in [1.807, 2.05) is 29.6 Å². The van der Waals surface area contributed by atoms with E-state index < -0.39 is 0 Å². The van der Waals surface area contributed by atoms with Crippen molar-refractivity contribution >= 4 is 23.7 Å². The zero-order valence-corrected chi connectivity index (χ0v) is 16.8. The number of carbonyl (C=O) groups excluding carboxylic acids is 1. The standard InChI is InChI=1S/C23H24N6O/c1-2-29-20-6-5-16(17-7-10-25-22-18(17)8-11-26-22)12-19(20)21(28-29)23(30)27-14-15-4-3-9-24-13-15/h3-6,8-13,17,19-20,26H,2,7,14H2,1H3,(H,27,30). The highest BCUT2D eigenvalue weighted by atomic mass is 16.2. The molecule has 2 N–H and O–H groups in total. The molecule has 0 bridgehead atoms. The Balaban J connectivity index is 1.38.